The molecule has 0 saturated carbocycles. The fraction of sp³-hybridized carbons (Fsp3) is 0.458. The molecule has 30 heavy (non-hydrogen) atoms. The molecular formula is C24H32N4O2. The number of hydrogen-bond donors (Lipinski definition) is 1. The van der Waals surface area contributed by atoms with Crippen molar-refractivity contribution in [2.24, 2.45) is 5.92 Å². The van der Waals surface area contributed by atoms with Crippen molar-refractivity contribution in [3.63, 3.8) is 0 Å². The largest absolute Gasteiger partial charge is 0.495 e. The first-order valence-electron chi connectivity index (χ1n) is 10.8. The Labute approximate surface area is 179 Å². The van der Waals surface area contributed by atoms with Gasteiger partial charge in [-0.05, 0) is 37.1 Å². The van der Waals surface area contributed by atoms with Crippen LogP contribution in [0.25, 0.3) is 0 Å². The van der Waals surface area contributed by atoms with Crippen molar-refractivity contribution in [1.82, 2.24) is 15.1 Å². The van der Waals surface area contributed by atoms with E-state index in [2.05, 4.69) is 40.4 Å². The second kappa shape index (κ2) is 9.39. The summed E-state index contributed by atoms with van der Waals surface area (Å²) in [4.78, 5) is 19.7. The Balaban J connectivity index is 1.35. The number of benzene rings is 2. The second-order valence-corrected chi connectivity index (χ2v) is 8.34. The monoisotopic (exact) mass is 408 g/mol. The van der Waals surface area contributed by atoms with E-state index in [1.165, 1.54) is 5.56 Å². The van der Waals surface area contributed by atoms with Gasteiger partial charge >= 0.3 is 6.03 Å². The summed E-state index contributed by atoms with van der Waals surface area (Å²) in [5, 5.41) is 3.22. The smallest absolute Gasteiger partial charge is 0.318 e. The van der Waals surface area contributed by atoms with E-state index >= 15 is 0 Å². The average molecular weight is 409 g/mol. The van der Waals surface area contributed by atoms with E-state index in [1.807, 2.05) is 41.3 Å². The van der Waals surface area contributed by atoms with Gasteiger partial charge < -0.3 is 24.8 Å². The third-order valence-corrected chi connectivity index (χ3v) is 6.28. The molecule has 0 spiro atoms. The van der Waals surface area contributed by atoms with Gasteiger partial charge in [-0.2, -0.15) is 0 Å². The molecule has 2 aliphatic heterocycles. The SMILES string of the molecule is COc1ccccc1N1CCC(CNC(=O)N2CCN(C)CC2c2ccccc2)C1. The predicted molar refractivity (Wildman–Crippen MR) is 120 cm³/mol. The Kier molecular flexibility index (Phi) is 6.43. The number of para-hydroxylation sites is 2. The molecule has 0 aliphatic carbocycles. The van der Waals surface area contributed by atoms with E-state index in [1.54, 1.807) is 7.11 Å². The van der Waals surface area contributed by atoms with Gasteiger partial charge in [-0.3, -0.25) is 0 Å². The highest BCUT2D eigenvalue weighted by Crippen LogP contribution is 2.32. The van der Waals surface area contributed by atoms with Crippen LogP contribution in [-0.4, -0.2) is 69.3 Å². The molecule has 0 aromatic heterocycles. The van der Waals surface area contributed by atoms with Crippen molar-refractivity contribution >= 4 is 11.7 Å². The summed E-state index contributed by atoms with van der Waals surface area (Å²) in [5.74, 6) is 1.35. The minimum atomic E-state index is 0.0488. The molecule has 1 N–H and O–H groups in total. The fourth-order valence-corrected chi connectivity index (χ4v) is 4.57. The van der Waals surface area contributed by atoms with Gasteiger partial charge in [0.1, 0.15) is 5.75 Å². The van der Waals surface area contributed by atoms with Crippen LogP contribution in [0, 0.1) is 5.92 Å². The molecule has 4 rings (SSSR count). The number of nitrogens with one attached hydrogen (secondary N) is 1. The Morgan fingerprint density at radius 3 is 2.60 bits per heavy atom. The zero-order chi connectivity index (χ0) is 20.9. The summed E-state index contributed by atoms with van der Waals surface area (Å²) >= 11 is 0. The summed E-state index contributed by atoms with van der Waals surface area (Å²) in [6.07, 6.45) is 1.07. The molecule has 2 unspecified atom stereocenters. The number of anilines is 1. The third kappa shape index (κ3) is 4.54. The van der Waals surface area contributed by atoms with Crippen LogP contribution in [0.2, 0.25) is 0 Å². The van der Waals surface area contributed by atoms with Crippen LogP contribution in [0.1, 0.15) is 18.0 Å². The molecule has 6 nitrogen and oxygen atoms in total. The number of methoxy groups -OCH3 is 1. The van der Waals surface area contributed by atoms with Gasteiger partial charge in [0.25, 0.3) is 0 Å². The van der Waals surface area contributed by atoms with Gasteiger partial charge in [0.15, 0.2) is 0 Å². The molecule has 160 valence electrons. The lowest BCUT2D eigenvalue weighted by Crippen LogP contribution is -2.53. The minimum Gasteiger partial charge on any atom is -0.495 e. The van der Waals surface area contributed by atoms with Gasteiger partial charge in [0.2, 0.25) is 0 Å². The maximum absolute atomic E-state index is 13.1. The van der Waals surface area contributed by atoms with Crippen LogP contribution < -0.4 is 15.0 Å². The molecule has 2 amide bonds. The van der Waals surface area contributed by atoms with Crippen molar-refractivity contribution in [3.05, 3.63) is 60.2 Å². The van der Waals surface area contributed by atoms with Crippen LogP contribution in [0.4, 0.5) is 10.5 Å². The van der Waals surface area contributed by atoms with Crippen molar-refractivity contribution in [2.75, 3.05) is 58.3 Å². The number of rotatable bonds is 5. The van der Waals surface area contributed by atoms with Crippen molar-refractivity contribution in [1.29, 1.82) is 0 Å². The summed E-state index contributed by atoms with van der Waals surface area (Å²) in [6.45, 7) is 5.15. The lowest BCUT2D eigenvalue weighted by Gasteiger charge is -2.40. The summed E-state index contributed by atoms with van der Waals surface area (Å²) in [7, 11) is 3.84. The number of ether oxygens (including phenoxy) is 1. The molecule has 2 fully saturated rings. The molecule has 0 bridgehead atoms. The number of nitrogens with zero attached hydrogens (tertiary/aromatic N) is 3. The highest BCUT2D eigenvalue weighted by atomic mass is 16.5. The first-order valence-corrected chi connectivity index (χ1v) is 10.8. The van der Waals surface area contributed by atoms with Gasteiger partial charge in [-0.15, -0.1) is 0 Å². The Morgan fingerprint density at radius 2 is 1.80 bits per heavy atom. The van der Waals surface area contributed by atoms with Gasteiger partial charge in [0, 0.05) is 39.3 Å². The molecule has 2 saturated heterocycles. The lowest BCUT2D eigenvalue weighted by atomic mass is 10.0. The number of carbonyl (C=O) groups is 1. The van der Waals surface area contributed by atoms with Crippen LogP contribution in [-0.2, 0) is 0 Å². The number of urea groups is 1. The Morgan fingerprint density at radius 1 is 1.03 bits per heavy atom. The highest BCUT2D eigenvalue weighted by Gasteiger charge is 2.31. The molecule has 2 aromatic rings. The van der Waals surface area contributed by atoms with Crippen LogP contribution >= 0.6 is 0 Å². The minimum absolute atomic E-state index is 0.0488. The average Bonchev–Trinajstić information content (AvgIpc) is 3.27. The predicted octanol–water partition coefficient (Wildman–Crippen LogP) is 3.22. The van der Waals surface area contributed by atoms with E-state index in [0.717, 1.165) is 50.6 Å². The zero-order valence-electron chi connectivity index (χ0n) is 18.0. The van der Waals surface area contributed by atoms with E-state index in [-0.39, 0.29) is 12.1 Å². The van der Waals surface area contributed by atoms with Crippen molar-refractivity contribution in [2.45, 2.75) is 12.5 Å². The Bertz CT molecular complexity index is 844. The van der Waals surface area contributed by atoms with Crippen LogP contribution in [0.5, 0.6) is 5.75 Å². The summed E-state index contributed by atoms with van der Waals surface area (Å²) in [5.41, 5.74) is 2.33. The quantitative estimate of drug-likeness (QED) is 0.825. The Hall–Kier alpha value is -2.73. The molecule has 0 radical (unpaired) electrons. The maximum Gasteiger partial charge on any atom is 0.318 e. The topological polar surface area (TPSA) is 48.1 Å². The molecule has 2 heterocycles. The first-order chi connectivity index (χ1) is 14.7. The molecule has 2 aromatic carbocycles. The van der Waals surface area contributed by atoms with E-state index < -0.39 is 0 Å². The first kappa shape index (κ1) is 20.5. The number of carbonyl (C=O) groups excluding carboxylic acids is 1. The normalized spacial score (nSPS) is 22.2. The standard InChI is InChI=1S/C24H32N4O2/c1-26-14-15-28(22(18-26)20-8-4-3-5-9-20)24(29)25-16-19-12-13-27(17-19)21-10-6-7-11-23(21)30-2/h3-11,19,22H,12-18H2,1-2H3,(H,25,29). The third-order valence-electron chi connectivity index (χ3n) is 6.28. The molecular weight excluding hydrogens is 376 g/mol. The molecule has 2 atom stereocenters. The number of likely N-dealkylation sites (N-methyl/N-ethyl adjacent to an activating group) is 1. The fourth-order valence-electron chi connectivity index (χ4n) is 4.57. The number of hydrogen-bond acceptors (Lipinski definition) is 4. The maximum atomic E-state index is 13.1. The molecule has 6 heteroatoms. The van der Waals surface area contributed by atoms with E-state index in [4.69, 9.17) is 4.74 Å². The van der Waals surface area contributed by atoms with E-state index in [0.29, 0.717) is 12.5 Å². The van der Waals surface area contributed by atoms with Gasteiger partial charge in [-0.25, -0.2) is 4.79 Å². The number of piperazine rings is 1. The number of amides is 2. The second-order valence-electron chi connectivity index (χ2n) is 8.34. The van der Waals surface area contributed by atoms with Gasteiger partial charge in [-0.1, -0.05) is 42.5 Å². The van der Waals surface area contributed by atoms with Crippen molar-refractivity contribution in [3.8, 4) is 5.75 Å². The van der Waals surface area contributed by atoms with Gasteiger partial charge in [0.05, 0.1) is 18.8 Å². The molecule has 2 aliphatic rings. The van der Waals surface area contributed by atoms with E-state index in [9.17, 15) is 4.79 Å². The highest BCUT2D eigenvalue weighted by molar-refractivity contribution is 5.75. The van der Waals surface area contributed by atoms with Crippen LogP contribution in [0.15, 0.2) is 54.6 Å². The summed E-state index contributed by atoms with van der Waals surface area (Å²) < 4.78 is 5.51. The lowest BCUT2D eigenvalue weighted by molar-refractivity contribution is 0.108. The zero-order valence-corrected chi connectivity index (χ0v) is 18.0. The van der Waals surface area contributed by atoms with Crippen LogP contribution in [0.3, 0.4) is 0 Å². The summed E-state index contributed by atoms with van der Waals surface area (Å²) in [6, 6.07) is 18.6. The van der Waals surface area contributed by atoms with Crippen molar-refractivity contribution < 1.29 is 9.53 Å².